The number of aliphatic hydroxyl groups excluding tert-OH is 3. The summed E-state index contributed by atoms with van der Waals surface area (Å²) in [5.41, 5.74) is 5.15. The number of ether oxygens (including phenoxy) is 1. The van der Waals surface area contributed by atoms with E-state index in [1.165, 1.54) is 4.57 Å². The first-order valence-corrected chi connectivity index (χ1v) is 6.47. The summed E-state index contributed by atoms with van der Waals surface area (Å²) in [4.78, 5) is 20.7. The molecule has 1 fully saturated rings. The van der Waals surface area contributed by atoms with E-state index in [0.717, 1.165) is 0 Å². The predicted octanol–water partition coefficient (Wildman–Crippen LogP) is -2.02. The van der Waals surface area contributed by atoms with E-state index in [4.69, 9.17) is 27.8 Å². The number of aliphatic hydroxyl groups is 3. The van der Waals surface area contributed by atoms with Gasteiger partial charge < -0.3 is 30.8 Å². The highest BCUT2D eigenvalue weighted by molar-refractivity contribution is 7.71. The third-order valence-corrected chi connectivity index (χ3v) is 3.67. The largest absolute Gasteiger partial charge is 0.394 e. The zero-order valence-electron chi connectivity index (χ0n) is 10.6. The van der Waals surface area contributed by atoms with Crippen LogP contribution in [-0.4, -0.2) is 59.8 Å². The van der Waals surface area contributed by atoms with Gasteiger partial charge in [-0.2, -0.15) is 4.98 Å². The molecule has 114 valence electrons. The molecule has 1 unspecified atom stereocenters. The number of anilines is 1. The van der Waals surface area contributed by atoms with Crippen LogP contribution in [0.4, 0.5) is 5.95 Å². The highest BCUT2D eigenvalue weighted by atomic mass is 32.1. The highest BCUT2D eigenvalue weighted by Gasteiger charge is 2.44. The summed E-state index contributed by atoms with van der Waals surface area (Å²) in [6.45, 7) is -0.472. The van der Waals surface area contributed by atoms with E-state index >= 15 is 0 Å². The molecule has 0 spiro atoms. The van der Waals surface area contributed by atoms with Crippen LogP contribution in [-0.2, 0) is 4.74 Å². The molecule has 4 atom stereocenters. The molecule has 3 heterocycles. The summed E-state index contributed by atoms with van der Waals surface area (Å²) in [5.74, 6) is -0.123. The number of aromatic amines is 2. The molecule has 1 saturated heterocycles. The average molecular weight is 315 g/mol. The molecule has 0 aromatic carbocycles. The van der Waals surface area contributed by atoms with Gasteiger partial charge in [0.2, 0.25) is 5.95 Å². The van der Waals surface area contributed by atoms with Crippen LogP contribution in [0.25, 0.3) is 11.2 Å². The second kappa shape index (κ2) is 4.89. The molecule has 0 bridgehead atoms. The number of hydrogen-bond acceptors (Lipinski definition) is 8. The van der Waals surface area contributed by atoms with Crippen molar-refractivity contribution in [1.29, 1.82) is 0 Å². The fourth-order valence-corrected chi connectivity index (χ4v) is 2.65. The lowest BCUT2D eigenvalue weighted by Gasteiger charge is -2.16. The van der Waals surface area contributed by atoms with Gasteiger partial charge in [0.25, 0.3) is 5.56 Å². The van der Waals surface area contributed by atoms with Crippen molar-refractivity contribution in [2.24, 2.45) is 0 Å². The van der Waals surface area contributed by atoms with Crippen molar-refractivity contribution in [1.82, 2.24) is 19.5 Å². The van der Waals surface area contributed by atoms with Crippen LogP contribution in [0.3, 0.4) is 0 Å². The SMILES string of the molecule is Nc1nc2c([nH]c(=S)n2[C@@H]2O[C@H](CO)[C@H](O)C2O)c(=O)[nH]1. The summed E-state index contributed by atoms with van der Waals surface area (Å²) in [6, 6.07) is 0. The molecule has 3 rings (SSSR count). The number of hydrogen-bond donors (Lipinski definition) is 6. The fraction of sp³-hybridized carbons (Fsp3) is 0.500. The molecule has 1 aliphatic heterocycles. The van der Waals surface area contributed by atoms with E-state index < -0.39 is 36.7 Å². The van der Waals surface area contributed by atoms with Gasteiger partial charge in [-0.15, -0.1) is 0 Å². The third kappa shape index (κ3) is 2.06. The third-order valence-electron chi connectivity index (χ3n) is 3.37. The van der Waals surface area contributed by atoms with Gasteiger partial charge in [-0.25, -0.2) is 0 Å². The number of fused-ring (bicyclic) bond motifs is 1. The molecule has 0 saturated carbocycles. The van der Waals surface area contributed by atoms with Crippen molar-refractivity contribution in [2.75, 3.05) is 12.3 Å². The second-order valence-electron chi connectivity index (χ2n) is 4.68. The molecule has 1 aliphatic rings. The van der Waals surface area contributed by atoms with E-state index in [-0.39, 0.29) is 21.9 Å². The van der Waals surface area contributed by atoms with Crippen LogP contribution < -0.4 is 11.3 Å². The zero-order valence-corrected chi connectivity index (χ0v) is 11.4. The van der Waals surface area contributed by atoms with Crippen LogP contribution in [0.1, 0.15) is 6.23 Å². The molecule has 2 aromatic rings. The van der Waals surface area contributed by atoms with Gasteiger partial charge in [0.15, 0.2) is 22.2 Å². The first-order valence-electron chi connectivity index (χ1n) is 6.06. The monoisotopic (exact) mass is 315 g/mol. The number of nitrogens with two attached hydrogens (primary N) is 1. The summed E-state index contributed by atoms with van der Waals surface area (Å²) in [5, 5.41) is 28.9. The zero-order chi connectivity index (χ0) is 15.3. The normalized spacial score (nSPS) is 29.3. The summed E-state index contributed by atoms with van der Waals surface area (Å²) in [7, 11) is 0. The molecule has 11 heteroatoms. The van der Waals surface area contributed by atoms with Gasteiger partial charge in [-0.3, -0.25) is 14.3 Å². The Hall–Kier alpha value is -1.79. The van der Waals surface area contributed by atoms with Gasteiger partial charge in [0.1, 0.15) is 18.3 Å². The number of H-pyrrole nitrogens is 2. The molecule has 0 amide bonds. The quantitative estimate of drug-likeness (QED) is 0.346. The number of rotatable bonds is 2. The van der Waals surface area contributed by atoms with Crippen molar-refractivity contribution in [3.8, 4) is 0 Å². The highest BCUT2D eigenvalue weighted by Crippen LogP contribution is 2.31. The van der Waals surface area contributed by atoms with Crippen molar-refractivity contribution >= 4 is 29.3 Å². The first kappa shape index (κ1) is 14.2. The summed E-state index contributed by atoms with van der Waals surface area (Å²) >= 11 is 5.10. The number of aromatic nitrogens is 4. The molecule has 0 radical (unpaired) electrons. The maximum absolute atomic E-state index is 11.8. The van der Waals surface area contributed by atoms with E-state index in [1.807, 2.05) is 0 Å². The van der Waals surface area contributed by atoms with Crippen LogP contribution >= 0.6 is 12.2 Å². The van der Waals surface area contributed by atoms with Crippen molar-refractivity contribution in [2.45, 2.75) is 24.5 Å². The molecule has 21 heavy (non-hydrogen) atoms. The lowest BCUT2D eigenvalue weighted by molar-refractivity contribution is -0.0516. The predicted molar refractivity (Wildman–Crippen MR) is 73.0 cm³/mol. The Kier molecular flexibility index (Phi) is 3.30. The molecule has 10 nitrogen and oxygen atoms in total. The van der Waals surface area contributed by atoms with Gasteiger partial charge in [-0.1, -0.05) is 0 Å². The Morgan fingerprint density at radius 3 is 2.71 bits per heavy atom. The smallest absolute Gasteiger partial charge is 0.278 e. The molecular formula is C10H13N5O5S. The number of nitrogens with one attached hydrogen (secondary N) is 2. The Morgan fingerprint density at radius 2 is 2.10 bits per heavy atom. The van der Waals surface area contributed by atoms with Gasteiger partial charge in [0, 0.05) is 0 Å². The molecule has 2 aromatic heterocycles. The topological polar surface area (TPSA) is 162 Å². The minimum Gasteiger partial charge on any atom is -0.394 e. The summed E-state index contributed by atoms with van der Waals surface area (Å²) < 4.78 is 6.70. The molecule has 7 N–H and O–H groups in total. The van der Waals surface area contributed by atoms with E-state index in [9.17, 15) is 15.0 Å². The maximum Gasteiger partial charge on any atom is 0.278 e. The van der Waals surface area contributed by atoms with Crippen molar-refractivity contribution in [3.05, 3.63) is 15.1 Å². The van der Waals surface area contributed by atoms with Crippen molar-refractivity contribution in [3.63, 3.8) is 0 Å². The average Bonchev–Trinajstić information content (AvgIpc) is 2.89. The minimum absolute atomic E-state index is 0.0726. The van der Waals surface area contributed by atoms with Crippen LogP contribution in [0, 0.1) is 4.77 Å². The number of imidazole rings is 1. The second-order valence-corrected chi connectivity index (χ2v) is 5.07. The maximum atomic E-state index is 11.8. The molecule has 0 aliphatic carbocycles. The Labute approximate surface area is 121 Å². The van der Waals surface area contributed by atoms with Gasteiger partial charge in [-0.05, 0) is 12.2 Å². The van der Waals surface area contributed by atoms with E-state index in [2.05, 4.69) is 15.0 Å². The Bertz CT molecular complexity index is 797. The molecular weight excluding hydrogens is 302 g/mol. The summed E-state index contributed by atoms with van der Waals surface area (Å²) in [6.07, 6.45) is -4.68. The van der Waals surface area contributed by atoms with Crippen LogP contribution in [0.5, 0.6) is 0 Å². The number of nitrogens with zero attached hydrogens (tertiary/aromatic N) is 2. The van der Waals surface area contributed by atoms with E-state index in [1.54, 1.807) is 0 Å². The lowest BCUT2D eigenvalue weighted by Crippen LogP contribution is -2.33. The lowest BCUT2D eigenvalue weighted by atomic mass is 10.1. The standard InChI is InChI=1S/C10H13N5O5S/c11-9-13-6-3(7(19)14-9)12-10(21)15(6)8-5(18)4(17)2(1-16)20-8/h2,4-5,8,16-18H,1H2,(H,12,21)(H3,11,13,14,19)/t2-,4+,5?,8-/m1/s1. The van der Waals surface area contributed by atoms with Gasteiger partial charge in [0.05, 0.1) is 6.61 Å². The van der Waals surface area contributed by atoms with Crippen LogP contribution in [0.2, 0.25) is 0 Å². The van der Waals surface area contributed by atoms with Crippen LogP contribution in [0.15, 0.2) is 4.79 Å². The minimum atomic E-state index is -1.34. The first-order chi connectivity index (χ1) is 9.93. The van der Waals surface area contributed by atoms with Gasteiger partial charge >= 0.3 is 0 Å². The Balaban J connectivity index is 2.20. The Morgan fingerprint density at radius 1 is 1.38 bits per heavy atom. The van der Waals surface area contributed by atoms with Crippen molar-refractivity contribution < 1.29 is 20.1 Å². The van der Waals surface area contributed by atoms with E-state index in [0.29, 0.717) is 0 Å². The fourth-order valence-electron chi connectivity index (χ4n) is 2.36. The number of nitrogen functional groups attached to an aromatic ring is 1.